The molecule has 0 unspecified atom stereocenters. The van der Waals surface area contributed by atoms with Crippen LogP contribution in [0.2, 0.25) is 0 Å². The van der Waals surface area contributed by atoms with Gasteiger partial charge in [-0.25, -0.2) is 0 Å². The first-order chi connectivity index (χ1) is 8.77. The van der Waals surface area contributed by atoms with E-state index in [0.717, 1.165) is 18.8 Å². The summed E-state index contributed by atoms with van der Waals surface area (Å²) in [5.74, 6) is 1.14. The molecule has 0 amide bonds. The summed E-state index contributed by atoms with van der Waals surface area (Å²) in [7, 11) is 2.21. The summed E-state index contributed by atoms with van der Waals surface area (Å²) in [5.41, 5.74) is 4.30. The van der Waals surface area contributed by atoms with Crippen molar-refractivity contribution >= 4 is 5.71 Å². The highest BCUT2D eigenvalue weighted by Crippen LogP contribution is 2.49. The summed E-state index contributed by atoms with van der Waals surface area (Å²) in [4.78, 5) is 6.90. The smallest absolute Gasteiger partial charge is 0.120 e. The summed E-state index contributed by atoms with van der Waals surface area (Å²) >= 11 is 0. The number of piperidine rings is 1. The molecule has 3 heterocycles. The van der Waals surface area contributed by atoms with Gasteiger partial charge in [0.05, 0.1) is 12.3 Å². The van der Waals surface area contributed by atoms with Gasteiger partial charge in [0.2, 0.25) is 0 Å². The van der Waals surface area contributed by atoms with Crippen LogP contribution in [0.5, 0.6) is 0 Å². The minimum atomic E-state index is 0.301. The molecule has 18 heavy (non-hydrogen) atoms. The molecule has 94 valence electrons. The number of hydrogen-bond acceptors (Lipinski definition) is 3. The van der Waals surface area contributed by atoms with Crippen molar-refractivity contribution in [2.75, 3.05) is 26.7 Å². The number of nitrogens with zero attached hydrogens (tertiary/aromatic N) is 2. The van der Waals surface area contributed by atoms with Crippen molar-refractivity contribution < 1.29 is 4.74 Å². The van der Waals surface area contributed by atoms with Crippen LogP contribution in [0.25, 0.3) is 0 Å². The SMILES string of the molecule is CN1CCC2(CC1)COC1=C2CC2=NC=CC2=C1. The summed E-state index contributed by atoms with van der Waals surface area (Å²) in [5, 5.41) is 0. The third-order valence-corrected chi connectivity index (χ3v) is 4.83. The van der Waals surface area contributed by atoms with Gasteiger partial charge in [-0.05, 0) is 50.7 Å². The number of ether oxygens (including phenoxy) is 1. The number of hydrogen-bond donors (Lipinski definition) is 0. The van der Waals surface area contributed by atoms with E-state index in [-0.39, 0.29) is 0 Å². The van der Waals surface area contributed by atoms with Crippen molar-refractivity contribution in [2.45, 2.75) is 19.3 Å². The van der Waals surface area contributed by atoms with Gasteiger partial charge in [-0.15, -0.1) is 0 Å². The molecule has 0 bridgehead atoms. The lowest BCUT2D eigenvalue weighted by Crippen LogP contribution is -2.40. The first-order valence-corrected chi connectivity index (χ1v) is 6.77. The maximum atomic E-state index is 5.99. The highest BCUT2D eigenvalue weighted by atomic mass is 16.5. The predicted octanol–water partition coefficient (Wildman–Crippen LogP) is 2.28. The Balaban J connectivity index is 1.70. The summed E-state index contributed by atoms with van der Waals surface area (Å²) in [6.45, 7) is 3.25. The number of allylic oxidation sites excluding steroid dienone is 3. The maximum Gasteiger partial charge on any atom is 0.120 e. The van der Waals surface area contributed by atoms with Crippen molar-refractivity contribution in [3.05, 3.63) is 35.3 Å². The molecule has 4 aliphatic rings. The predicted molar refractivity (Wildman–Crippen MR) is 71.4 cm³/mol. The van der Waals surface area contributed by atoms with Crippen LogP contribution in [0.15, 0.2) is 40.2 Å². The van der Waals surface area contributed by atoms with Gasteiger partial charge >= 0.3 is 0 Å². The molecular formula is C15H18N2O. The van der Waals surface area contributed by atoms with Crippen molar-refractivity contribution in [3.8, 4) is 0 Å². The Morgan fingerprint density at radius 2 is 2.17 bits per heavy atom. The van der Waals surface area contributed by atoms with Crippen LogP contribution in [-0.4, -0.2) is 37.4 Å². The van der Waals surface area contributed by atoms with Crippen molar-refractivity contribution in [3.63, 3.8) is 0 Å². The first kappa shape index (κ1) is 10.6. The highest BCUT2D eigenvalue weighted by molar-refractivity contribution is 6.07. The van der Waals surface area contributed by atoms with E-state index in [1.54, 1.807) is 0 Å². The summed E-state index contributed by atoms with van der Waals surface area (Å²) < 4.78 is 5.99. The maximum absolute atomic E-state index is 5.99. The number of rotatable bonds is 0. The first-order valence-electron chi connectivity index (χ1n) is 6.77. The molecule has 0 aromatic carbocycles. The summed E-state index contributed by atoms with van der Waals surface area (Å²) in [6.07, 6.45) is 9.64. The molecule has 0 aromatic heterocycles. The Labute approximate surface area is 108 Å². The molecule has 0 radical (unpaired) electrons. The standard InChI is InChI=1S/C15H18N2O/c1-17-6-3-15(4-7-17)10-18-14-8-11-2-5-16-13(11)9-12(14)15/h2,5,8H,3-4,6-7,9-10H2,1H3. The van der Waals surface area contributed by atoms with Crippen LogP contribution in [0.1, 0.15) is 19.3 Å². The zero-order chi connectivity index (χ0) is 12.2. The zero-order valence-electron chi connectivity index (χ0n) is 10.8. The third kappa shape index (κ3) is 1.37. The second-order valence-corrected chi connectivity index (χ2v) is 5.88. The van der Waals surface area contributed by atoms with Gasteiger partial charge in [-0.1, -0.05) is 0 Å². The minimum Gasteiger partial charge on any atom is -0.493 e. The fourth-order valence-corrected chi connectivity index (χ4v) is 3.51. The molecule has 1 aliphatic carbocycles. The quantitative estimate of drug-likeness (QED) is 0.651. The molecule has 3 heteroatoms. The number of likely N-dealkylation sites (tertiary alicyclic amines) is 1. The lowest BCUT2D eigenvalue weighted by atomic mass is 9.70. The van der Waals surface area contributed by atoms with E-state index in [4.69, 9.17) is 4.74 Å². The molecule has 0 saturated carbocycles. The molecule has 1 spiro atoms. The third-order valence-electron chi connectivity index (χ3n) is 4.83. The van der Waals surface area contributed by atoms with Crippen LogP contribution < -0.4 is 0 Å². The average molecular weight is 242 g/mol. The van der Waals surface area contributed by atoms with E-state index in [1.165, 1.54) is 42.8 Å². The van der Waals surface area contributed by atoms with Gasteiger partial charge in [0.25, 0.3) is 0 Å². The van der Waals surface area contributed by atoms with Gasteiger partial charge in [0, 0.05) is 23.6 Å². The lowest BCUT2D eigenvalue weighted by molar-refractivity contribution is 0.0991. The number of fused-ring (bicyclic) bond motifs is 2. The summed E-state index contributed by atoms with van der Waals surface area (Å²) in [6, 6.07) is 0. The largest absolute Gasteiger partial charge is 0.493 e. The Morgan fingerprint density at radius 3 is 3.00 bits per heavy atom. The van der Waals surface area contributed by atoms with Gasteiger partial charge in [-0.2, -0.15) is 0 Å². The molecule has 0 N–H and O–H groups in total. The van der Waals surface area contributed by atoms with Crippen molar-refractivity contribution in [1.82, 2.24) is 4.90 Å². The molecule has 1 saturated heterocycles. The van der Waals surface area contributed by atoms with E-state index < -0.39 is 0 Å². The van der Waals surface area contributed by atoms with E-state index in [9.17, 15) is 0 Å². The van der Waals surface area contributed by atoms with Crippen LogP contribution >= 0.6 is 0 Å². The highest BCUT2D eigenvalue weighted by Gasteiger charge is 2.45. The van der Waals surface area contributed by atoms with Gasteiger partial charge in [0.15, 0.2) is 0 Å². The fourth-order valence-electron chi connectivity index (χ4n) is 3.51. The average Bonchev–Trinajstić information content (AvgIpc) is 2.96. The fraction of sp³-hybridized carbons (Fsp3) is 0.533. The van der Waals surface area contributed by atoms with Crippen LogP contribution in [0.3, 0.4) is 0 Å². The van der Waals surface area contributed by atoms with Crippen LogP contribution in [0, 0.1) is 5.41 Å². The van der Waals surface area contributed by atoms with Crippen molar-refractivity contribution in [2.24, 2.45) is 10.4 Å². The van der Waals surface area contributed by atoms with Crippen LogP contribution in [-0.2, 0) is 4.74 Å². The second kappa shape index (κ2) is 3.58. The monoisotopic (exact) mass is 242 g/mol. The molecule has 0 aromatic rings. The molecule has 3 nitrogen and oxygen atoms in total. The van der Waals surface area contributed by atoms with Gasteiger partial charge < -0.3 is 9.64 Å². The minimum absolute atomic E-state index is 0.301. The Bertz CT molecular complexity index is 517. The Hall–Kier alpha value is -1.35. The molecule has 0 atom stereocenters. The molecular weight excluding hydrogens is 224 g/mol. The molecule has 4 rings (SSSR count). The van der Waals surface area contributed by atoms with E-state index >= 15 is 0 Å². The van der Waals surface area contributed by atoms with E-state index in [1.807, 2.05) is 6.20 Å². The van der Waals surface area contributed by atoms with Gasteiger partial charge in [0.1, 0.15) is 5.76 Å². The Morgan fingerprint density at radius 1 is 1.33 bits per heavy atom. The number of aliphatic imine (C=N–C) groups is 1. The van der Waals surface area contributed by atoms with E-state index in [2.05, 4.69) is 29.1 Å². The topological polar surface area (TPSA) is 24.8 Å². The van der Waals surface area contributed by atoms with Crippen LogP contribution in [0.4, 0.5) is 0 Å². The zero-order valence-corrected chi connectivity index (χ0v) is 10.8. The molecule has 3 aliphatic heterocycles. The van der Waals surface area contributed by atoms with Crippen molar-refractivity contribution in [1.29, 1.82) is 0 Å². The second-order valence-electron chi connectivity index (χ2n) is 5.88. The lowest BCUT2D eigenvalue weighted by Gasteiger charge is -2.38. The molecule has 1 fully saturated rings. The normalized spacial score (nSPS) is 28.9. The van der Waals surface area contributed by atoms with E-state index in [0.29, 0.717) is 5.41 Å². The Kier molecular flexibility index (Phi) is 2.10. The van der Waals surface area contributed by atoms with Gasteiger partial charge in [-0.3, -0.25) is 4.99 Å².